The summed E-state index contributed by atoms with van der Waals surface area (Å²) >= 11 is 11.1. The summed E-state index contributed by atoms with van der Waals surface area (Å²) < 4.78 is 0. The Balaban J connectivity index is 0. The fraction of sp³-hybridized carbons (Fsp3) is 0.429. The molecular weight excluding hydrogens is 204 g/mol. The van der Waals surface area contributed by atoms with Crippen molar-refractivity contribution in [3.8, 4) is 0 Å². The number of likely N-dealkylation sites (N-methyl/N-ethyl adjacent to an activating group) is 1. The Morgan fingerprint density at radius 3 is 1.64 bits per heavy atom. The van der Waals surface area contributed by atoms with Gasteiger partial charge in [-0.3, -0.25) is 4.90 Å². The molecule has 0 bridgehead atoms. The number of nitrogens with zero attached hydrogens (tertiary/aromatic N) is 1. The van der Waals surface area contributed by atoms with Crippen LogP contribution in [0.2, 0.25) is 0 Å². The summed E-state index contributed by atoms with van der Waals surface area (Å²) in [6.07, 6.45) is 0. The van der Waals surface area contributed by atoms with Crippen LogP contribution < -0.4 is 0 Å². The zero-order valence-corrected chi connectivity index (χ0v) is 8.77. The molecule has 0 aliphatic carbocycles. The van der Waals surface area contributed by atoms with Crippen molar-refractivity contribution >= 4 is 35.6 Å². The lowest BCUT2D eigenvalue weighted by atomic mass is 10.5. The first kappa shape index (κ1) is 13.9. The van der Waals surface area contributed by atoms with Crippen LogP contribution in [0.4, 0.5) is 0 Å². The van der Waals surface area contributed by atoms with Crippen molar-refractivity contribution < 1.29 is 0 Å². The second-order valence-electron chi connectivity index (χ2n) is 2.21. The zero-order valence-electron chi connectivity index (χ0n) is 6.44. The first-order chi connectivity index (χ1) is 4.52. The van der Waals surface area contributed by atoms with Gasteiger partial charge in [-0.05, 0) is 7.05 Å². The van der Waals surface area contributed by atoms with Gasteiger partial charge >= 0.3 is 0 Å². The van der Waals surface area contributed by atoms with E-state index < -0.39 is 0 Å². The van der Waals surface area contributed by atoms with E-state index in [1.165, 1.54) is 0 Å². The third-order valence-electron chi connectivity index (χ3n) is 0.883. The van der Waals surface area contributed by atoms with E-state index >= 15 is 0 Å². The Bertz CT molecular complexity index is 129. The lowest BCUT2D eigenvalue weighted by Crippen LogP contribution is -2.20. The van der Waals surface area contributed by atoms with Gasteiger partial charge < -0.3 is 0 Å². The lowest BCUT2D eigenvalue weighted by molar-refractivity contribution is 0.407. The third-order valence-corrected chi connectivity index (χ3v) is 1.12. The molecule has 0 saturated carbocycles. The fourth-order valence-corrected chi connectivity index (χ4v) is 1.05. The van der Waals surface area contributed by atoms with Crippen molar-refractivity contribution in [1.29, 1.82) is 0 Å². The molecular formula is C7H12Cl3N. The molecule has 0 aromatic rings. The highest BCUT2D eigenvalue weighted by atomic mass is 35.5. The van der Waals surface area contributed by atoms with Gasteiger partial charge in [-0.2, -0.15) is 0 Å². The Labute approximate surface area is 84.1 Å². The molecule has 0 aliphatic rings. The third kappa shape index (κ3) is 10.3. The van der Waals surface area contributed by atoms with Crippen molar-refractivity contribution in [1.82, 2.24) is 4.90 Å². The summed E-state index contributed by atoms with van der Waals surface area (Å²) in [5.41, 5.74) is 0. The average Bonchev–Trinajstić information content (AvgIpc) is 1.58. The van der Waals surface area contributed by atoms with Crippen LogP contribution in [0.15, 0.2) is 23.2 Å². The van der Waals surface area contributed by atoms with E-state index in [1.807, 2.05) is 11.9 Å². The predicted octanol–water partition coefficient (Wildman–Crippen LogP) is 2.85. The van der Waals surface area contributed by atoms with E-state index in [9.17, 15) is 0 Å². The highest BCUT2D eigenvalue weighted by Gasteiger charge is 1.98. The molecule has 0 aliphatic heterocycles. The predicted molar refractivity (Wildman–Crippen MR) is 54.7 cm³/mol. The fourth-order valence-electron chi connectivity index (χ4n) is 0.642. The molecule has 0 amide bonds. The maximum atomic E-state index is 5.55. The van der Waals surface area contributed by atoms with Gasteiger partial charge in [0.05, 0.1) is 0 Å². The number of hydrogen-bond acceptors (Lipinski definition) is 1. The van der Waals surface area contributed by atoms with Crippen LogP contribution in [0.3, 0.4) is 0 Å². The Morgan fingerprint density at radius 1 is 1.18 bits per heavy atom. The van der Waals surface area contributed by atoms with E-state index in [4.69, 9.17) is 23.2 Å². The molecule has 0 saturated heterocycles. The van der Waals surface area contributed by atoms with Crippen molar-refractivity contribution in [2.75, 3.05) is 20.1 Å². The second-order valence-corrected chi connectivity index (χ2v) is 3.28. The highest BCUT2D eigenvalue weighted by molar-refractivity contribution is 6.30. The Morgan fingerprint density at radius 2 is 1.45 bits per heavy atom. The smallest absolute Gasteiger partial charge is 0.0336 e. The molecule has 0 fully saturated rings. The minimum Gasteiger partial charge on any atom is -0.296 e. The monoisotopic (exact) mass is 215 g/mol. The highest BCUT2D eigenvalue weighted by Crippen LogP contribution is 2.03. The van der Waals surface area contributed by atoms with Crippen molar-refractivity contribution in [3.63, 3.8) is 0 Å². The number of rotatable bonds is 4. The van der Waals surface area contributed by atoms with Gasteiger partial charge in [0.2, 0.25) is 0 Å². The second kappa shape index (κ2) is 6.99. The Hall–Kier alpha value is 0.310. The topological polar surface area (TPSA) is 3.24 Å². The van der Waals surface area contributed by atoms with Gasteiger partial charge in [-0.15, -0.1) is 12.4 Å². The van der Waals surface area contributed by atoms with Crippen molar-refractivity contribution in [3.05, 3.63) is 23.2 Å². The largest absolute Gasteiger partial charge is 0.296 e. The number of hydrogen-bond donors (Lipinski definition) is 0. The average molecular weight is 217 g/mol. The van der Waals surface area contributed by atoms with Crippen LogP contribution in [-0.4, -0.2) is 25.0 Å². The molecule has 0 spiro atoms. The molecule has 11 heavy (non-hydrogen) atoms. The molecule has 0 N–H and O–H groups in total. The summed E-state index contributed by atoms with van der Waals surface area (Å²) in [7, 11) is 1.90. The minimum absolute atomic E-state index is 0. The summed E-state index contributed by atoms with van der Waals surface area (Å²) in [6, 6.07) is 0. The summed E-state index contributed by atoms with van der Waals surface area (Å²) in [5, 5.41) is 1.22. The molecule has 4 heteroatoms. The Kier molecular flexibility index (Phi) is 8.81. The summed E-state index contributed by atoms with van der Waals surface area (Å²) in [4.78, 5) is 1.94. The molecule has 0 atom stereocenters. The van der Waals surface area contributed by atoms with Gasteiger partial charge in [0.25, 0.3) is 0 Å². The van der Waals surface area contributed by atoms with Gasteiger partial charge in [-0.1, -0.05) is 36.4 Å². The van der Waals surface area contributed by atoms with Gasteiger partial charge in [0, 0.05) is 23.2 Å². The molecule has 0 rings (SSSR count). The maximum absolute atomic E-state index is 5.55. The molecule has 1 nitrogen and oxygen atoms in total. The van der Waals surface area contributed by atoms with E-state index in [-0.39, 0.29) is 12.4 Å². The van der Waals surface area contributed by atoms with Crippen LogP contribution in [0.5, 0.6) is 0 Å². The lowest BCUT2D eigenvalue weighted by Gasteiger charge is -2.13. The van der Waals surface area contributed by atoms with E-state index in [0.717, 1.165) is 0 Å². The van der Waals surface area contributed by atoms with Gasteiger partial charge in [-0.25, -0.2) is 0 Å². The SMILES string of the molecule is C=C(Cl)CN(C)CC(=C)Cl.Cl. The van der Waals surface area contributed by atoms with Crippen LogP contribution in [-0.2, 0) is 0 Å². The zero-order chi connectivity index (χ0) is 8.15. The summed E-state index contributed by atoms with van der Waals surface area (Å²) in [6.45, 7) is 8.40. The van der Waals surface area contributed by atoms with Crippen LogP contribution >= 0.6 is 35.6 Å². The first-order valence-corrected chi connectivity index (χ1v) is 3.63. The van der Waals surface area contributed by atoms with E-state index in [1.54, 1.807) is 0 Å². The molecule has 0 aromatic carbocycles. The maximum Gasteiger partial charge on any atom is 0.0336 e. The normalized spacial score (nSPS) is 9.09. The quantitative estimate of drug-likeness (QED) is 0.699. The molecule has 0 unspecified atom stereocenters. The standard InChI is InChI=1S/C7H11Cl2N.ClH/c1-6(8)4-10(3)5-7(2)9;/h1-2,4-5H2,3H3;1H. The van der Waals surface area contributed by atoms with Crippen LogP contribution in [0, 0.1) is 0 Å². The summed E-state index contributed by atoms with van der Waals surface area (Å²) in [5.74, 6) is 0. The van der Waals surface area contributed by atoms with E-state index in [0.29, 0.717) is 23.2 Å². The molecule has 66 valence electrons. The van der Waals surface area contributed by atoms with Crippen molar-refractivity contribution in [2.24, 2.45) is 0 Å². The molecule has 0 heterocycles. The first-order valence-electron chi connectivity index (χ1n) is 2.87. The van der Waals surface area contributed by atoms with Gasteiger partial charge in [0.1, 0.15) is 0 Å². The minimum atomic E-state index is 0. The van der Waals surface area contributed by atoms with Gasteiger partial charge in [0.15, 0.2) is 0 Å². The molecule has 0 aromatic heterocycles. The molecule has 0 radical (unpaired) electrons. The number of halogens is 3. The van der Waals surface area contributed by atoms with Crippen molar-refractivity contribution in [2.45, 2.75) is 0 Å². The van der Waals surface area contributed by atoms with E-state index in [2.05, 4.69) is 13.2 Å². The van der Waals surface area contributed by atoms with Crippen LogP contribution in [0.25, 0.3) is 0 Å². The van der Waals surface area contributed by atoms with Crippen LogP contribution in [0.1, 0.15) is 0 Å².